The van der Waals surface area contributed by atoms with Crippen molar-refractivity contribution in [3.05, 3.63) is 72.3 Å². The largest absolute Gasteiger partial charge is 0.455 e. The molecule has 2 heteroatoms. The summed E-state index contributed by atoms with van der Waals surface area (Å²) in [5.41, 5.74) is 4.25. The molecule has 0 fully saturated rings. The summed E-state index contributed by atoms with van der Waals surface area (Å²) < 4.78 is 6.40. The van der Waals surface area contributed by atoms with Gasteiger partial charge in [-0.25, -0.2) is 0 Å². The average molecular weight is 499 g/mol. The number of aliphatic hydroxyl groups is 1. The van der Waals surface area contributed by atoms with Gasteiger partial charge < -0.3 is 9.52 Å². The van der Waals surface area contributed by atoms with Gasteiger partial charge in [-0.15, -0.1) is 0 Å². The van der Waals surface area contributed by atoms with Gasteiger partial charge in [0.1, 0.15) is 11.2 Å². The molecule has 0 bridgehead atoms. The first-order valence-electron chi connectivity index (χ1n) is 14.9. The number of fused-ring (bicyclic) bond motifs is 3. The van der Waals surface area contributed by atoms with Gasteiger partial charge >= 0.3 is 0 Å². The first-order chi connectivity index (χ1) is 18.2. The number of para-hydroxylation sites is 2. The third kappa shape index (κ3) is 6.85. The van der Waals surface area contributed by atoms with Gasteiger partial charge in [0, 0.05) is 16.3 Å². The summed E-state index contributed by atoms with van der Waals surface area (Å²) in [5, 5.41) is 14.6. The number of benzene rings is 3. The molecule has 0 radical (unpaired) electrons. The monoisotopic (exact) mass is 498 g/mol. The third-order valence-corrected chi connectivity index (χ3v) is 8.01. The highest BCUT2D eigenvalue weighted by atomic mass is 16.3. The van der Waals surface area contributed by atoms with Gasteiger partial charge in [-0.3, -0.25) is 0 Å². The molecule has 0 amide bonds. The Morgan fingerprint density at radius 1 is 0.568 bits per heavy atom. The van der Waals surface area contributed by atoms with Crippen molar-refractivity contribution in [1.29, 1.82) is 0 Å². The lowest BCUT2D eigenvalue weighted by Gasteiger charge is -2.31. The third-order valence-electron chi connectivity index (χ3n) is 8.01. The van der Waals surface area contributed by atoms with Gasteiger partial charge in [-0.05, 0) is 30.0 Å². The molecule has 4 aromatic rings. The number of hydrogen-bond donors (Lipinski definition) is 1. The minimum Gasteiger partial charge on any atom is -0.455 e. The van der Waals surface area contributed by atoms with Crippen molar-refractivity contribution in [2.24, 2.45) is 0 Å². The van der Waals surface area contributed by atoms with Crippen LogP contribution >= 0.6 is 0 Å². The maximum Gasteiger partial charge on any atom is 0.143 e. The van der Waals surface area contributed by atoms with Gasteiger partial charge in [-0.2, -0.15) is 0 Å². The Balaban J connectivity index is 1.64. The van der Waals surface area contributed by atoms with Crippen LogP contribution < -0.4 is 0 Å². The molecule has 37 heavy (non-hydrogen) atoms. The van der Waals surface area contributed by atoms with E-state index in [0.29, 0.717) is 0 Å². The summed E-state index contributed by atoms with van der Waals surface area (Å²) in [5.74, 6) is 0. The number of furan rings is 1. The Bertz CT molecular complexity index is 1220. The quantitative estimate of drug-likeness (QED) is 0.156. The SMILES string of the molecule is CCCCCCCCC(O)(CCCCCCCC)c1ccccc1-c1cccc2c1oc1ccccc12. The molecular weight excluding hydrogens is 452 g/mol. The van der Waals surface area contributed by atoms with E-state index in [2.05, 4.69) is 68.4 Å². The van der Waals surface area contributed by atoms with Crippen LogP contribution in [0.25, 0.3) is 33.1 Å². The summed E-state index contributed by atoms with van der Waals surface area (Å²) in [6, 6.07) is 23.2. The summed E-state index contributed by atoms with van der Waals surface area (Å²) in [6.07, 6.45) is 16.5. The zero-order valence-corrected chi connectivity index (χ0v) is 23.1. The van der Waals surface area contributed by atoms with Crippen LogP contribution in [0.4, 0.5) is 0 Å². The maximum atomic E-state index is 12.3. The lowest BCUT2D eigenvalue weighted by atomic mass is 9.79. The summed E-state index contributed by atoms with van der Waals surface area (Å²) >= 11 is 0. The van der Waals surface area contributed by atoms with Gasteiger partial charge in [0.05, 0.1) is 5.60 Å². The zero-order valence-electron chi connectivity index (χ0n) is 23.1. The van der Waals surface area contributed by atoms with Gasteiger partial charge in [0.15, 0.2) is 0 Å². The molecule has 2 nitrogen and oxygen atoms in total. The number of unbranched alkanes of at least 4 members (excludes halogenated alkanes) is 10. The first-order valence-corrected chi connectivity index (χ1v) is 14.9. The zero-order chi connectivity index (χ0) is 25.9. The highest BCUT2D eigenvalue weighted by Gasteiger charge is 2.31. The smallest absolute Gasteiger partial charge is 0.143 e. The molecule has 0 unspecified atom stereocenters. The highest BCUT2D eigenvalue weighted by Crippen LogP contribution is 2.42. The molecule has 3 aromatic carbocycles. The molecule has 4 rings (SSSR count). The molecule has 1 N–H and O–H groups in total. The highest BCUT2D eigenvalue weighted by molar-refractivity contribution is 6.09. The van der Waals surface area contributed by atoms with Gasteiger partial charge in [0.25, 0.3) is 0 Å². The fraction of sp³-hybridized carbons (Fsp3) is 0.486. The van der Waals surface area contributed by atoms with E-state index in [9.17, 15) is 5.11 Å². The van der Waals surface area contributed by atoms with Crippen molar-refractivity contribution >= 4 is 21.9 Å². The van der Waals surface area contributed by atoms with Crippen molar-refractivity contribution in [3.8, 4) is 11.1 Å². The van der Waals surface area contributed by atoms with Crippen LogP contribution in [0, 0.1) is 0 Å². The Labute approximate surface area is 224 Å². The van der Waals surface area contributed by atoms with E-state index in [-0.39, 0.29) is 0 Å². The van der Waals surface area contributed by atoms with Crippen molar-refractivity contribution in [2.45, 2.75) is 109 Å². The van der Waals surface area contributed by atoms with Crippen molar-refractivity contribution < 1.29 is 9.52 Å². The van der Waals surface area contributed by atoms with Gasteiger partial charge in [0.2, 0.25) is 0 Å². The molecule has 0 aliphatic heterocycles. The first kappa shape index (κ1) is 27.5. The van der Waals surface area contributed by atoms with E-state index in [1.807, 2.05) is 12.1 Å². The van der Waals surface area contributed by atoms with Crippen LogP contribution in [0.5, 0.6) is 0 Å². The molecule has 0 aliphatic rings. The molecule has 0 saturated heterocycles. The Morgan fingerprint density at radius 3 is 1.81 bits per heavy atom. The Hall–Kier alpha value is -2.58. The lowest BCUT2D eigenvalue weighted by molar-refractivity contribution is 0.0138. The Kier molecular flexibility index (Phi) is 10.3. The summed E-state index contributed by atoms with van der Waals surface area (Å²) in [4.78, 5) is 0. The predicted molar refractivity (Wildman–Crippen MR) is 159 cm³/mol. The fourth-order valence-corrected chi connectivity index (χ4v) is 5.87. The second kappa shape index (κ2) is 13.8. The second-order valence-corrected chi connectivity index (χ2v) is 10.9. The maximum absolute atomic E-state index is 12.3. The average Bonchev–Trinajstić information content (AvgIpc) is 3.32. The normalized spacial score (nSPS) is 12.1. The van der Waals surface area contributed by atoms with Crippen molar-refractivity contribution in [2.75, 3.05) is 0 Å². The fourth-order valence-electron chi connectivity index (χ4n) is 5.87. The second-order valence-electron chi connectivity index (χ2n) is 10.9. The predicted octanol–water partition coefficient (Wildman–Crippen LogP) is 10.9. The minimum absolute atomic E-state index is 0.819. The molecular formula is C35H46O2. The molecule has 0 aliphatic carbocycles. The minimum atomic E-state index is -0.819. The van der Waals surface area contributed by atoms with Crippen molar-refractivity contribution in [3.63, 3.8) is 0 Å². The molecule has 0 saturated carbocycles. The van der Waals surface area contributed by atoms with E-state index in [0.717, 1.165) is 64.3 Å². The van der Waals surface area contributed by atoms with Crippen molar-refractivity contribution in [1.82, 2.24) is 0 Å². The van der Waals surface area contributed by atoms with Crippen LogP contribution in [0.1, 0.15) is 109 Å². The van der Waals surface area contributed by atoms with Crippen LogP contribution in [0.15, 0.2) is 71.1 Å². The van der Waals surface area contributed by atoms with Gasteiger partial charge in [-0.1, -0.05) is 152 Å². The summed E-state index contributed by atoms with van der Waals surface area (Å²) in [6.45, 7) is 4.53. The van der Waals surface area contributed by atoms with E-state index < -0.39 is 5.60 Å². The van der Waals surface area contributed by atoms with E-state index in [1.165, 1.54) is 64.2 Å². The summed E-state index contributed by atoms with van der Waals surface area (Å²) in [7, 11) is 0. The lowest BCUT2D eigenvalue weighted by Crippen LogP contribution is -2.26. The number of rotatable bonds is 16. The topological polar surface area (TPSA) is 33.4 Å². The van der Waals surface area contributed by atoms with Crippen LogP contribution in [0.3, 0.4) is 0 Å². The molecule has 0 atom stereocenters. The van der Waals surface area contributed by atoms with Crippen LogP contribution in [-0.2, 0) is 5.60 Å². The molecule has 198 valence electrons. The van der Waals surface area contributed by atoms with Crippen LogP contribution in [-0.4, -0.2) is 5.11 Å². The van der Waals surface area contributed by atoms with Crippen LogP contribution in [0.2, 0.25) is 0 Å². The molecule has 1 heterocycles. The number of hydrogen-bond acceptors (Lipinski definition) is 2. The molecule has 1 aromatic heterocycles. The Morgan fingerprint density at radius 2 is 1.11 bits per heavy atom. The van der Waals surface area contributed by atoms with E-state index >= 15 is 0 Å². The van der Waals surface area contributed by atoms with E-state index in [4.69, 9.17) is 4.42 Å². The standard InChI is InChI=1S/C35H46O2/c1-3-5-7-9-11-17-26-35(36,27-18-12-10-8-6-4-2)32-24-15-13-20-28(32)30-22-19-23-31-29-21-14-16-25-33(29)37-34(30)31/h13-16,19-25,36H,3-12,17-18,26-27H2,1-2H3. The molecule has 0 spiro atoms. The van der Waals surface area contributed by atoms with E-state index in [1.54, 1.807) is 0 Å².